The van der Waals surface area contributed by atoms with Crippen LogP contribution in [0.1, 0.15) is 18.6 Å². The number of hydrogen-bond acceptors (Lipinski definition) is 2. The van der Waals surface area contributed by atoms with Gasteiger partial charge in [-0.05, 0) is 13.0 Å². The molecule has 2 unspecified atom stereocenters. The van der Waals surface area contributed by atoms with E-state index in [1.54, 1.807) is 12.1 Å². The molecule has 1 aliphatic heterocycles. The van der Waals surface area contributed by atoms with Crippen LogP contribution >= 0.6 is 0 Å². The van der Waals surface area contributed by atoms with Crippen molar-refractivity contribution in [2.45, 2.75) is 19.1 Å². The second-order valence-electron chi connectivity index (χ2n) is 3.45. The van der Waals surface area contributed by atoms with E-state index in [1.165, 1.54) is 6.07 Å². The van der Waals surface area contributed by atoms with E-state index in [2.05, 4.69) is 0 Å². The number of halogens is 1. The van der Waals surface area contributed by atoms with Gasteiger partial charge in [-0.2, -0.15) is 0 Å². The number of epoxide rings is 1. The van der Waals surface area contributed by atoms with E-state index >= 15 is 0 Å². The SMILES string of the molecule is CC(OCC1CO1)c1ccccc1F. The van der Waals surface area contributed by atoms with Crippen LogP contribution in [0.25, 0.3) is 0 Å². The third-order valence-corrected chi connectivity index (χ3v) is 2.28. The minimum absolute atomic E-state index is 0.208. The van der Waals surface area contributed by atoms with Gasteiger partial charge in [0.2, 0.25) is 0 Å². The molecule has 0 spiro atoms. The largest absolute Gasteiger partial charge is 0.371 e. The fourth-order valence-corrected chi connectivity index (χ4v) is 1.31. The Morgan fingerprint density at radius 3 is 2.93 bits per heavy atom. The number of rotatable bonds is 4. The molecule has 1 aliphatic rings. The maximum atomic E-state index is 13.3. The van der Waals surface area contributed by atoms with Gasteiger partial charge in [-0.15, -0.1) is 0 Å². The Labute approximate surface area is 82.6 Å². The van der Waals surface area contributed by atoms with Gasteiger partial charge in [0.05, 0.1) is 19.3 Å². The number of hydrogen-bond donors (Lipinski definition) is 0. The van der Waals surface area contributed by atoms with Gasteiger partial charge in [-0.3, -0.25) is 0 Å². The average Bonchev–Trinajstić information content (AvgIpc) is 2.98. The van der Waals surface area contributed by atoms with Crippen LogP contribution in [0.5, 0.6) is 0 Å². The monoisotopic (exact) mass is 196 g/mol. The van der Waals surface area contributed by atoms with E-state index in [0.717, 1.165) is 6.61 Å². The predicted molar refractivity (Wildman–Crippen MR) is 50.5 cm³/mol. The maximum absolute atomic E-state index is 13.3. The van der Waals surface area contributed by atoms with Crippen molar-refractivity contribution in [3.05, 3.63) is 35.6 Å². The molecule has 0 bridgehead atoms. The fourth-order valence-electron chi connectivity index (χ4n) is 1.31. The lowest BCUT2D eigenvalue weighted by Crippen LogP contribution is -2.07. The quantitative estimate of drug-likeness (QED) is 0.689. The smallest absolute Gasteiger partial charge is 0.128 e. The summed E-state index contributed by atoms with van der Waals surface area (Å²) in [6, 6.07) is 6.68. The summed E-state index contributed by atoms with van der Waals surface area (Å²) >= 11 is 0. The number of ether oxygens (including phenoxy) is 2. The minimum atomic E-state index is -0.211. The molecule has 1 saturated heterocycles. The summed E-state index contributed by atoms with van der Waals surface area (Å²) in [5.41, 5.74) is 0.605. The molecule has 0 radical (unpaired) electrons. The van der Waals surface area contributed by atoms with Crippen molar-refractivity contribution in [1.82, 2.24) is 0 Å². The molecular weight excluding hydrogens is 183 g/mol. The summed E-state index contributed by atoms with van der Waals surface area (Å²) < 4.78 is 23.7. The molecule has 0 aromatic heterocycles. The summed E-state index contributed by atoms with van der Waals surface area (Å²) in [6.07, 6.45) is 0.0182. The molecule has 1 fully saturated rings. The lowest BCUT2D eigenvalue weighted by molar-refractivity contribution is 0.0518. The first-order chi connectivity index (χ1) is 6.77. The van der Waals surface area contributed by atoms with E-state index < -0.39 is 0 Å². The first-order valence-electron chi connectivity index (χ1n) is 4.75. The van der Waals surface area contributed by atoms with Crippen LogP contribution in [0.3, 0.4) is 0 Å². The van der Waals surface area contributed by atoms with Crippen LogP contribution in [0.4, 0.5) is 4.39 Å². The topological polar surface area (TPSA) is 21.8 Å². The summed E-state index contributed by atoms with van der Waals surface area (Å²) in [5, 5.41) is 0. The third kappa shape index (κ3) is 2.30. The Bertz CT molecular complexity index is 310. The third-order valence-electron chi connectivity index (χ3n) is 2.28. The van der Waals surface area contributed by atoms with Crippen molar-refractivity contribution in [3.8, 4) is 0 Å². The normalized spacial score (nSPS) is 22.0. The van der Waals surface area contributed by atoms with Crippen LogP contribution in [0, 0.1) is 5.82 Å². The molecule has 14 heavy (non-hydrogen) atoms. The zero-order valence-corrected chi connectivity index (χ0v) is 8.07. The first-order valence-corrected chi connectivity index (χ1v) is 4.75. The second kappa shape index (κ2) is 4.07. The van der Waals surface area contributed by atoms with Crippen molar-refractivity contribution in [3.63, 3.8) is 0 Å². The molecule has 1 aromatic carbocycles. The summed E-state index contributed by atoms with van der Waals surface area (Å²) in [5.74, 6) is -0.211. The lowest BCUT2D eigenvalue weighted by Gasteiger charge is -2.12. The van der Waals surface area contributed by atoms with Crippen LogP contribution < -0.4 is 0 Å². The van der Waals surface area contributed by atoms with Gasteiger partial charge in [-0.1, -0.05) is 18.2 Å². The molecular formula is C11H13FO2. The molecule has 76 valence electrons. The van der Waals surface area contributed by atoms with Crippen LogP contribution in [-0.2, 0) is 9.47 Å². The zero-order chi connectivity index (χ0) is 9.97. The second-order valence-corrected chi connectivity index (χ2v) is 3.45. The molecule has 1 aromatic rings. The van der Waals surface area contributed by atoms with E-state index in [9.17, 15) is 4.39 Å². The van der Waals surface area contributed by atoms with Crippen molar-refractivity contribution >= 4 is 0 Å². The molecule has 2 nitrogen and oxygen atoms in total. The van der Waals surface area contributed by atoms with Crippen LogP contribution in [-0.4, -0.2) is 19.3 Å². The van der Waals surface area contributed by atoms with Gasteiger partial charge in [0.1, 0.15) is 11.9 Å². The van der Waals surface area contributed by atoms with Crippen LogP contribution in [0.15, 0.2) is 24.3 Å². The van der Waals surface area contributed by atoms with E-state index in [1.807, 2.05) is 13.0 Å². The highest BCUT2D eigenvalue weighted by molar-refractivity contribution is 5.19. The van der Waals surface area contributed by atoms with Crippen molar-refractivity contribution in [2.75, 3.05) is 13.2 Å². The molecule has 2 atom stereocenters. The van der Waals surface area contributed by atoms with Crippen LogP contribution in [0.2, 0.25) is 0 Å². The predicted octanol–water partition coefficient (Wildman–Crippen LogP) is 2.30. The Morgan fingerprint density at radius 2 is 2.29 bits per heavy atom. The van der Waals surface area contributed by atoms with E-state index in [0.29, 0.717) is 12.2 Å². The van der Waals surface area contributed by atoms with E-state index in [4.69, 9.17) is 9.47 Å². The molecule has 0 N–H and O–H groups in total. The fraction of sp³-hybridized carbons (Fsp3) is 0.455. The molecule has 0 aliphatic carbocycles. The highest BCUT2D eigenvalue weighted by atomic mass is 19.1. The first kappa shape index (κ1) is 9.62. The summed E-state index contributed by atoms with van der Waals surface area (Å²) in [7, 11) is 0. The average molecular weight is 196 g/mol. The minimum Gasteiger partial charge on any atom is -0.371 e. The van der Waals surface area contributed by atoms with Gasteiger partial charge in [-0.25, -0.2) is 4.39 Å². The maximum Gasteiger partial charge on any atom is 0.128 e. The molecule has 2 rings (SSSR count). The van der Waals surface area contributed by atoms with Gasteiger partial charge in [0.15, 0.2) is 0 Å². The highest BCUT2D eigenvalue weighted by Crippen LogP contribution is 2.21. The molecule has 0 saturated carbocycles. The van der Waals surface area contributed by atoms with Gasteiger partial charge < -0.3 is 9.47 Å². The van der Waals surface area contributed by atoms with Gasteiger partial charge >= 0.3 is 0 Å². The zero-order valence-electron chi connectivity index (χ0n) is 8.07. The van der Waals surface area contributed by atoms with Crippen molar-refractivity contribution < 1.29 is 13.9 Å². The van der Waals surface area contributed by atoms with E-state index in [-0.39, 0.29) is 18.0 Å². The molecule has 0 amide bonds. The Hall–Kier alpha value is -0.930. The van der Waals surface area contributed by atoms with Crippen molar-refractivity contribution in [2.24, 2.45) is 0 Å². The summed E-state index contributed by atoms with van der Waals surface area (Å²) in [4.78, 5) is 0. The number of benzene rings is 1. The Morgan fingerprint density at radius 1 is 1.57 bits per heavy atom. The Kier molecular flexibility index (Phi) is 2.79. The van der Waals surface area contributed by atoms with Crippen molar-refractivity contribution in [1.29, 1.82) is 0 Å². The van der Waals surface area contributed by atoms with Gasteiger partial charge in [0, 0.05) is 5.56 Å². The summed E-state index contributed by atoms with van der Waals surface area (Å²) in [6.45, 7) is 3.17. The lowest BCUT2D eigenvalue weighted by atomic mass is 10.1. The standard InChI is InChI=1S/C11H13FO2/c1-8(13-6-9-7-14-9)10-4-2-3-5-11(10)12/h2-5,8-9H,6-7H2,1H3. The Balaban J connectivity index is 1.95. The highest BCUT2D eigenvalue weighted by Gasteiger charge is 2.24. The molecule has 3 heteroatoms. The van der Waals surface area contributed by atoms with Gasteiger partial charge in [0.25, 0.3) is 0 Å². The molecule has 1 heterocycles.